The fraction of sp³-hybridized carbons (Fsp3) is 0.400. The van der Waals surface area contributed by atoms with Crippen LogP contribution in [0.3, 0.4) is 0 Å². The second-order valence-electron chi connectivity index (χ2n) is 9.38. The number of aromatic nitrogens is 5. The number of rotatable bonds is 8. The summed E-state index contributed by atoms with van der Waals surface area (Å²) in [7, 11) is 0. The molecule has 1 saturated carbocycles. The minimum atomic E-state index is -0.286. The first-order valence-electron chi connectivity index (χ1n) is 12.4. The molecule has 0 saturated heterocycles. The van der Waals surface area contributed by atoms with Crippen molar-refractivity contribution in [1.82, 2.24) is 35.0 Å². The van der Waals surface area contributed by atoms with E-state index in [0.717, 1.165) is 41.2 Å². The zero-order valence-corrected chi connectivity index (χ0v) is 20.9. The predicted octanol–water partition coefficient (Wildman–Crippen LogP) is 3.03. The highest BCUT2D eigenvalue weighted by atomic mass is 32.1. The van der Waals surface area contributed by atoms with E-state index in [1.165, 1.54) is 42.5 Å². The van der Waals surface area contributed by atoms with Gasteiger partial charge in [0.2, 0.25) is 0 Å². The van der Waals surface area contributed by atoms with Gasteiger partial charge in [0, 0.05) is 49.3 Å². The van der Waals surface area contributed by atoms with Crippen LogP contribution in [0.15, 0.2) is 30.9 Å². The summed E-state index contributed by atoms with van der Waals surface area (Å²) in [4.78, 5) is 31.9. The maximum absolute atomic E-state index is 13.2. The lowest BCUT2D eigenvalue weighted by atomic mass is 9.93. The third kappa shape index (κ3) is 4.28. The van der Waals surface area contributed by atoms with Crippen molar-refractivity contribution in [1.29, 1.82) is 0 Å². The Morgan fingerprint density at radius 2 is 2.00 bits per heavy atom. The first kappa shape index (κ1) is 22.9. The van der Waals surface area contributed by atoms with Gasteiger partial charge in [0.15, 0.2) is 0 Å². The Hall–Kier alpha value is -3.57. The van der Waals surface area contributed by atoms with Gasteiger partial charge in [-0.3, -0.25) is 19.3 Å². The highest BCUT2D eigenvalue weighted by Crippen LogP contribution is 2.35. The highest BCUT2D eigenvalue weighted by molar-refractivity contribution is 7.21. The third-order valence-electron chi connectivity index (χ3n) is 6.98. The van der Waals surface area contributed by atoms with Crippen LogP contribution in [0.5, 0.6) is 0 Å². The molecule has 11 heteroatoms. The number of hydrogen-bond donors (Lipinski definition) is 3. The molecule has 2 amide bonds. The first-order valence-corrected chi connectivity index (χ1v) is 13.2. The van der Waals surface area contributed by atoms with Crippen LogP contribution in [0.25, 0.3) is 15.3 Å². The van der Waals surface area contributed by atoms with Crippen molar-refractivity contribution in [3.63, 3.8) is 0 Å². The number of carbonyl (C=O) groups is 2. The average Bonchev–Trinajstić information content (AvgIpc) is 3.60. The summed E-state index contributed by atoms with van der Waals surface area (Å²) in [6, 6.07) is 2.26. The summed E-state index contributed by atoms with van der Waals surface area (Å²) < 4.78 is 3.79. The van der Waals surface area contributed by atoms with Crippen molar-refractivity contribution in [3.05, 3.63) is 53.4 Å². The summed E-state index contributed by atoms with van der Waals surface area (Å²) in [6.07, 6.45) is 12.8. The van der Waals surface area contributed by atoms with E-state index in [4.69, 9.17) is 0 Å². The Labute approximate surface area is 212 Å². The van der Waals surface area contributed by atoms with Gasteiger partial charge >= 0.3 is 0 Å². The van der Waals surface area contributed by atoms with Crippen molar-refractivity contribution in [2.75, 3.05) is 18.4 Å². The molecule has 1 aliphatic heterocycles. The Morgan fingerprint density at radius 1 is 1.11 bits per heavy atom. The highest BCUT2D eigenvalue weighted by Gasteiger charge is 2.22. The number of amides is 2. The van der Waals surface area contributed by atoms with E-state index in [2.05, 4.69) is 35.8 Å². The maximum Gasteiger partial charge on any atom is 0.260 e. The second kappa shape index (κ2) is 9.47. The molecule has 4 aromatic rings. The molecule has 6 rings (SSSR count). The van der Waals surface area contributed by atoms with Crippen LogP contribution in [0.1, 0.15) is 57.8 Å². The van der Waals surface area contributed by atoms with E-state index >= 15 is 0 Å². The van der Waals surface area contributed by atoms with Crippen molar-refractivity contribution in [3.8, 4) is 10.4 Å². The average molecular weight is 505 g/mol. The van der Waals surface area contributed by atoms with Crippen LogP contribution >= 0.6 is 11.3 Å². The fourth-order valence-corrected chi connectivity index (χ4v) is 5.77. The summed E-state index contributed by atoms with van der Waals surface area (Å²) in [5.74, 6) is -0.497. The lowest BCUT2D eigenvalue weighted by Crippen LogP contribution is -2.40. The van der Waals surface area contributed by atoms with Gasteiger partial charge in [-0.15, -0.1) is 11.3 Å². The first-order chi connectivity index (χ1) is 17.6. The van der Waals surface area contributed by atoms with E-state index in [1.807, 2.05) is 12.4 Å². The molecular formula is C25H28N8O2S. The SMILES string of the molecule is Cc1ncc(C(=O)NCCNC2CCC2)cc1NC(=O)c1cnn2cc(-c3cnn4c3CCC4)sc12. The standard InChI is InChI=1S/C25H28N8O2S/c1-15-20(10-16(11-28-15)23(34)27-8-7-26-17-4-2-5-17)31-24(35)19-13-30-33-14-22(36-25(19)33)18-12-29-32-9-3-6-21(18)32/h10-14,17,26H,2-9H2,1H3,(H,27,34)(H,31,35). The fourth-order valence-electron chi connectivity index (χ4n) is 4.68. The van der Waals surface area contributed by atoms with Gasteiger partial charge in [0.25, 0.3) is 11.8 Å². The van der Waals surface area contributed by atoms with Gasteiger partial charge in [-0.2, -0.15) is 10.2 Å². The number of hydrogen-bond acceptors (Lipinski definition) is 7. The van der Waals surface area contributed by atoms with Crippen LogP contribution in [-0.2, 0) is 13.0 Å². The molecule has 1 aliphatic carbocycles. The quantitative estimate of drug-likeness (QED) is 0.318. The summed E-state index contributed by atoms with van der Waals surface area (Å²) in [6.45, 7) is 4.04. The maximum atomic E-state index is 13.2. The van der Waals surface area contributed by atoms with Gasteiger partial charge in [-0.05, 0) is 38.7 Å². The smallest absolute Gasteiger partial charge is 0.260 e. The van der Waals surface area contributed by atoms with Crippen LogP contribution in [0, 0.1) is 6.92 Å². The summed E-state index contributed by atoms with van der Waals surface area (Å²) in [5.41, 5.74) is 4.37. The van der Waals surface area contributed by atoms with Crippen molar-refractivity contribution < 1.29 is 9.59 Å². The molecule has 4 aromatic heterocycles. The molecule has 10 nitrogen and oxygen atoms in total. The molecule has 0 aromatic carbocycles. The summed E-state index contributed by atoms with van der Waals surface area (Å²) >= 11 is 1.52. The molecule has 186 valence electrons. The van der Waals surface area contributed by atoms with Crippen LogP contribution in [0.4, 0.5) is 5.69 Å². The molecule has 0 atom stereocenters. The van der Waals surface area contributed by atoms with Gasteiger partial charge in [-0.1, -0.05) is 6.42 Å². The molecule has 2 aliphatic rings. The number of thiazole rings is 1. The molecule has 0 spiro atoms. The van der Waals surface area contributed by atoms with E-state index in [0.29, 0.717) is 35.1 Å². The third-order valence-corrected chi connectivity index (χ3v) is 8.13. The minimum Gasteiger partial charge on any atom is -0.351 e. The topological polar surface area (TPSA) is 118 Å². The number of carbonyl (C=O) groups excluding carboxylic acids is 2. The largest absolute Gasteiger partial charge is 0.351 e. The van der Waals surface area contributed by atoms with Crippen molar-refractivity contribution >= 4 is 33.7 Å². The van der Waals surface area contributed by atoms with E-state index in [-0.39, 0.29) is 11.8 Å². The number of fused-ring (bicyclic) bond motifs is 2. The molecule has 1 fully saturated rings. The van der Waals surface area contributed by atoms with Gasteiger partial charge in [0.1, 0.15) is 4.83 Å². The van der Waals surface area contributed by atoms with Gasteiger partial charge < -0.3 is 16.0 Å². The van der Waals surface area contributed by atoms with E-state index < -0.39 is 0 Å². The minimum absolute atomic E-state index is 0.210. The second-order valence-corrected chi connectivity index (χ2v) is 10.4. The van der Waals surface area contributed by atoms with Crippen molar-refractivity contribution in [2.45, 2.75) is 51.6 Å². The zero-order valence-electron chi connectivity index (χ0n) is 20.1. The molecule has 5 heterocycles. The number of aryl methyl sites for hydroxylation is 2. The molecule has 0 unspecified atom stereocenters. The molecular weight excluding hydrogens is 476 g/mol. The number of pyridine rings is 1. The Morgan fingerprint density at radius 3 is 2.83 bits per heavy atom. The zero-order chi connectivity index (χ0) is 24.6. The molecule has 0 radical (unpaired) electrons. The Kier molecular flexibility index (Phi) is 6.02. The van der Waals surface area contributed by atoms with Crippen LogP contribution < -0.4 is 16.0 Å². The molecule has 0 bridgehead atoms. The molecule has 36 heavy (non-hydrogen) atoms. The monoisotopic (exact) mass is 504 g/mol. The Balaban J connectivity index is 1.15. The van der Waals surface area contributed by atoms with Crippen molar-refractivity contribution in [2.24, 2.45) is 0 Å². The van der Waals surface area contributed by atoms with E-state index in [1.54, 1.807) is 23.7 Å². The van der Waals surface area contributed by atoms with Crippen LogP contribution in [0.2, 0.25) is 0 Å². The van der Waals surface area contributed by atoms with E-state index in [9.17, 15) is 9.59 Å². The lowest BCUT2D eigenvalue weighted by Gasteiger charge is -2.26. The predicted molar refractivity (Wildman–Crippen MR) is 138 cm³/mol. The number of nitrogens with one attached hydrogen (secondary N) is 3. The lowest BCUT2D eigenvalue weighted by molar-refractivity contribution is 0.0951. The van der Waals surface area contributed by atoms with Gasteiger partial charge in [0.05, 0.1) is 39.8 Å². The van der Waals surface area contributed by atoms with Gasteiger partial charge in [-0.25, -0.2) is 4.52 Å². The number of anilines is 1. The Bertz CT molecular complexity index is 1450. The van der Waals surface area contributed by atoms with Crippen LogP contribution in [-0.4, -0.2) is 55.3 Å². The molecule has 3 N–H and O–H groups in total. The summed E-state index contributed by atoms with van der Waals surface area (Å²) in [5, 5.41) is 18.1. The number of nitrogens with zero attached hydrogens (tertiary/aromatic N) is 5. The normalized spacial score (nSPS) is 15.1.